The van der Waals surface area contributed by atoms with Crippen LogP contribution in [0.3, 0.4) is 0 Å². The van der Waals surface area contributed by atoms with E-state index < -0.39 is 6.10 Å². The van der Waals surface area contributed by atoms with Crippen molar-refractivity contribution in [1.29, 1.82) is 0 Å². The Morgan fingerprint density at radius 3 is 2.14 bits per heavy atom. The lowest BCUT2D eigenvalue weighted by atomic mass is 10.2. The first-order valence-corrected chi connectivity index (χ1v) is 5.03. The van der Waals surface area contributed by atoms with Gasteiger partial charge < -0.3 is 15.1 Å². The molecule has 84 valence electrons. The van der Waals surface area contributed by atoms with Crippen LogP contribution in [0.1, 0.15) is 33.1 Å². The molecule has 0 aliphatic rings. The molecule has 0 saturated heterocycles. The molecule has 0 rings (SSSR count). The van der Waals surface area contributed by atoms with Crippen molar-refractivity contribution in [3.63, 3.8) is 0 Å². The highest BCUT2D eigenvalue weighted by Gasteiger charge is 2.10. The van der Waals surface area contributed by atoms with E-state index in [9.17, 15) is 4.79 Å². The number of carbonyl (C=O) groups is 1. The van der Waals surface area contributed by atoms with Crippen LogP contribution in [-0.2, 0) is 4.79 Å². The molecule has 0 aliphatic heterocycles. The number of aliphatic hydroxyl groups excluding tert-OH is 2. The van der Waals surface area contributed by atoms with Crippen molar-refractivity contribution in [2.24, 2.45) is 0 Å². The fourth-order valence-corrected chi connectivity index (χ4v) is 1.03. The predicted octanol–water partition coefficient (Wildman–Crippen LogP) is 0.377. The molecule has 0 aliphatic carbocycles. The second-order valence-corrected chi connectivity index (χ2v) is 3.84. The molecular formula is C10H21NO3. The summed E-state index contributed by atoms with van der Waals surface area (Å²) in [6.45, 7) is 3.94. The molecule has 0 heterocycles. The molecule has 0 bridgehead atoms. The Morgan fingerprint density at radius 1 is 1.21 bits per heavy atom. The van der Waals surface area contributed by atoms with Gasteiger partial charge in [-0.05, 0) is 26.7 Å². The topological polar surface area (TPSA) is 60.8 Å². The van der Waals surface area contributed by atoms with E-state index in [0.29, 0.717) is 25.8 Å². The summed E-state index contributed by atoms with van der Waals surface area (Å²) in [5, 5.41) is 18.0. The zero-order chi connectivity index (χ0) is 11.1. The highest BCUT2D eigenvalue weighted by atomic mass is 16.3. The third kappa shape index (κ3) is 6.86. The molecule has 2 N–H and O–H groups in total. The summed E-state index contributed by atoms with van der Waals surface area (Å²) < 4.78 is 0. The molecule has 0 radical (unpaired) electrons. The molecule has 0 fully saturated rings. The Hall–Kier alpha value is -0.610. The Kier molecular flexibility index (Phi) is 6.49. The molecule has 2 unspecified atom stereocenters. The van der Waals surface area contributed by atoms with Gasteiger partial charge in [-0.15, -0.1) is 0 Å². The molecule has 0 aromatic carbocycles. The predicted molar refractivity (Wildman–Crippen MR) is 54.8 cm³/mol. The first kappa shape index (κ1) is 13.4. The van der Waals surface area contributed by atoms with Crippen LogP contribution in [-0.4, -0.2) is 46.8 Å². The van der Waals surface area contributed by atoms with Crippen LogP contribution in [0.2, 0.25) is 0 Å². The van der Waals surface area contributed by atoms with E-state index in [0.717, 1.165) is 0 Å². The minimum Gasteiger partial charge on any atom is -0.393 e. The van der Waals surface area contributed by atoms with Gasteiger partial charge in [0.15, 0.2) is 0 Å². The molecule has 0 saturated carbocycles. The third-order valence-electron chi connectivity index (χ3n) is 2.08. The first-order valence-electron chi connectivity index (χ1n) is 5.03. The quantitative estimate of drug-likeness (QED) is 0.656. The van der Waals surface area contributed by atoms with Crippen molar-refractivity contribution in [2.45, 2.75) is 45.3 Å². The van der Waals surface area contributed by atoms with Crippen LogP contribution < -0.4 is 0 Å². The van der Waals surface area contributed by atoms with Crippen LogP contribution in [0.15, 0.2) is 0 Å². The number of rotatable bonds is 6. The summed E-state index contributed by atoms with van der Waals surface area (Å²) in [6.07, 6.45) is 0.661. The number of carbonyl (C=O) groups excluding carboxylic acids is 1. The molecule has 2 atom stereocenters. The highest BCUT2D eigenvalue weighted by molar-refractivity contribution is 5.75. The van der Waals surface area contributed by atoms with E-state index in [1.165, 1.54) is 0 Å². The molecule has 0 aromatic heterocycles. The normalized spacial score (nSPS) is 14.9. The van der Waals surface area contributed by atoms with Crippen LogP contribution in [0.4, 0.5) is 0 Å². The third-order valence-corrected chi connectivity index (χ3v) is 2.08. The second kappa shape index (κ2) is 6.79. The van der Waals surface area contributed by atoms with Crippen molar-refractivity contribution in [3.05, 3.63) is 0 Å². The summed E-state index contributed by atoms with van der Waals surface area (Å²) >= 11 is 0. The lowest BCUT2D eigenvalue weighted by molar-refractivity contribution is -0.130. The van der Waals surface area contributed by atoms with Gasteiger partial charge in [0.05, 0.1) is 12.2 Å². The molecule has 4 nitrogen and oxygen atoms in total. The number of amides is 1. The summed E-state index contributed by atoms with van der Waals surface area (Å²) in [7, 11) is 1.72. The van der Waals surface area contributed by atoms with Crippen LogP contribution >= 0.6 is 0 Å². The van der Waals surface area contributed by atoms with Gasteiger partial charge >= 0.3 is 0 Å². The Morgan fingerprint density at radius 2 is 1.71 bits per heavy atom. The average Bonchev–Trinajstić information content (AvgIpc) is 2.09. The van der Waals surface area contributed by atoms with Gasteiger partial charge in [0.1, 0.15) is 0 Å². The van der Waals surface area contributed by atoms with Crippen molar-refractivity contribution in [2.75, 3.05) is 13.6 Å². The Balaban J connectivity index is 3.65. The Bertz CT molecular complexity index is 169. The number of nitrogens with zero attached hydrogens (tertiary/aromatic N) is 1. The maximum absolute atomic E-state index is 11.4. The van der Waals surface area contributed by atoms with Gasteiger partial charge in [-0.1, -0.05) is 0 Å². The van der Waals surface area contributed by atoms with E-state index in [1.807, 2.05) is 0 Å². The largest absolute Gasteiger partial charge is 0.393 e. The number of hydrogen-bond acceptors (Lipinski definition) is 3. The maximum atomic E-state index is 11.4. The van der Waals surface area contributed by atoms with E-state index in [2.05, 4.69) is 0 Å². The van der Waals surface area contributed by atoms with Gasteiger partial charge in [0.25, 0.3) is 0 Å². The average molecular weight is 203 g/mol. The zero-order valence-corrected chi connectivity index (χ0v) is 9.23. The fourth-order valence-electron chi connectivity index (χ4n) is 1.03. The van der Waals surface area contributed by atoms with Crippen LogP contribution in [0.25, 0.3) is 0 Å². The molecule has 14 heavy (non-hydrogen) atoms. The van der Waals surface area contributed by atoms with E-state index in [-0.39, 0.29) is 12.0 Å². The number of aliphatic hydroxyl groups is 2. The molecule has 1 amide bonds. The van der Waals surface area contributed by atoms with E-state index >= 15 is 0 Å². The monoisotopic (exact) mass is 203 g/mol. The van der Waals surface area contributed by atoms with Crippen molar-refractivity contribution in [1.82, 2.24) is 4.90 Å². The molecule has 4 heteroatoms. The summed E-state index contributed by atoms with van der Waals surface area (Å²) in [5.74, 6) is 0.0200. The van der Waals surface area contributed by atoms with Gasteiger partial charge in [-0.3, -0.25) is 4.79 Å². The van der Waals surface area contributed by atoms with Crippen LogP contribution in [0.5, 0.6) is 0 Å². The smallest absolute Gasteiger partial charge is 0.222 e. The minimum absolute atomic E-state index is 0.0200. The summed E-state index contributed by atoms with van der Waals surface area (Å²) in [5.41, 5.74) is 0. The fraction of sp³-hybridized carbons (Fsp3) is 0.900. The molecule has 0 aromatic rings. The number of hydrogen-bond donors (Lipinski definition) is 2. The van der Waals surface area contributed by atoms with Crippen molar-refractivity contribution in [3.8, 4) is 0 Å². The minimum atomic E-state index is -0.427. The van der Waals surface area contributed by atoms with Crippen molar-refractivity contribution < 1.29 is 15.0 Å². The van der Waals surface area contributed by atoms with Gasteiger partial charge in [-0.25, -0.2) is 0 Å². The molecule has 0 spiro atoms. The van der Waals surface area contributed by atoms with Gasteiger partial charge in [0.2, 0.25) is 5.91 Å². The van der Waals surface area contributed by atoms with E-state index in [1.54, 1.807) is 25.8 Å². The Labute approximate surface area is 85.5 Å². The zero-order valence-electron chi connectivity index (χ0n) is 9.23. The van der Waals surface area contributed by atoms with E-state index in [4.69, 9.17) is 10.2 Å². The maximum Gasteiger partial charge on any atom is 0.222 e. The van der Waals surface area contributed by atoms with Crippen LogP contribution in [0, 0.1) is 0 Å². The second-order valence-electron chi connectivity index (χ2n) is 3.84. The lowest BCUT2D eigenvalue weighted by Gasteiger charge is -2.18. The first-order chi connectivity index (χ1) is 6.43. The van der Waals surface area contributed by atoms with Gasteiger partial charge in [-0.2, -0.15) is 0 Å². The lowest BCUT2D eigenvalue weighted by Crippen LogP contribution is -2.29. The van der Waals surface area contributed by atoms with Gasteiger partial charge in [0, 0.05) is 20.0 Å². The highest BCUT2D eigenvalue weighted by Crippen LogP contribution is 2.01. The van der Waals surface area contributed by atoms with Crippen molar-refractivity contribution >= 4 is 5.91 Å². The summed E-state index contributed by atoms with van der Waals surface area (Å²) in [4.78, 5) is 13.0. The molecular weight excluding hydrogens is 182 g/mol. The SMILES string of the molecule is CC(O)CCC(=O)N(C)CCC(C)O. The summed E-state index contributed by atoms with van der Waals surface area (Å²) in [6, 6.07) is 0. The standard InChI is InChI=1S/C10H21NO3/c1-8(12)4-5-10(14)11(3)7-6-9(2)13/h8-9,12-13H,4-7H2,1-3H3.